The summed E-state index contributed by atoms with van der Waals surface area (Å²) in [6, 6.07) is 8.93. The van der Waals surface area contributed by atoms with Crippen LogP contribution < -0.4 is 10.6 Å². The van der Waals surface area contributed by atoms with Crippen LogP contribution in [-0.2, 0) is 0 Å². The number of amides is 1. The Kier molecular flexibility index (Phi) is 3.38. The Morgan fingerprint density at radius 3 is 2.57 bits per heavy atom. The predicted molar refractivity (Wildman–Crippen MR) is 83.2 cm³/mol. The highest BCUT2D eigenvalue weighted by Gasteiger charge is 2.34. The lowest BCUT2D eigenvalue weighted by Gasteiger charge is -2.17. The molecule has 1 amide bonds. The molecule has 0 radical (unpaired) electrons. The molecule has 118 valence electrons. The summed E-state index contributed by atoms with van der Waals surface area (Å²) in [5.74, 6) is -0.813. The quantitative estimate of drug-likeness (QED) is 0.850. The van der Waals surface area contributed by atoms with Crippen LogP contribution in [0.1, 0.15) is 21.8 Å². The Bertz CT molecular complexity index is 770. The van der Waals surface area contributed by atoms with Crippen molar-refractivity contribution in [3.05, 3.63) is 59.2 Å². The maximum absolute atomic E-state index is 14.0. The Hall–Kier alpha value is -2.27. The zero-order chi connectivity index (χ0) is 16.0. The summed E-state index contributed by atoms with van der Waals surface area (Å²) < 4.78 is 28.0. The molecule has 1 fully saturated rings. The van der Waals surface area contributed by atoms with Crippen LogP contribution in [-0.4, -0.2) is 25.5 Å². The van der Waals surface area contributed by atoms with Crippen molar-refractivity contribution in [1.82, 2.24) is 10.6 Å². The van der Waals surface area contributed by atoms with Crippen LogP contribution in [0, 0.1) is 17.6 Å². The fourth-order valence-corrected chi connectivity index (χ4v) is 3.64. The van der Waals surface area contributed by atoms with Crippen LogP contribution in [0.2, 0.25) is 0 Å². The molecule has 2 atom stereocenters. The smallest absolute Gasteiger partial charge is 0.251 e. The van der Waals surface area contributed by atoms with Crippen molar-refractivity contribution >= 4 is 5.91 Å². The van der Waals surface area contributed by atoms with E-state index >= 15 is 0 Å². The van der Waals surface area contributed by atoms with Crippen LogP contribution in [0.3, 0.4) is 0 Å². The second-order valence-electron chi connectivity index (χ2n) is 6.13. The van der Waals surface area contributed by atoms with Gasteiger partial charge in [-0.1, -0.05) is 18.2 Å². The summed E-state index contributed by atoms with van der Waals surface area (Å²) in [6.45, 7) is 2.31. The summed E-state index contributed by atoms with van der Waals surface area (Å²) in [5, 5.41) is 6.25. The van der Waals surface area contributed by atoms with E-state index in [4.69, 9.17) is 0 Å². The van der Waals surface area contributed by atoms with Gasteiger partial charge >= 0.3 is 0 Å². The first kappa shape index (κ1) is 14.3. The second kappa shape index (κ2) is 5.42. The molecule has 2 heterocycles. The van der Waals surface area contributed by atoms with Gasteiger partial charge in [0.25, 0.3) is 5.91 Å². The van der Waals surface area contributed by atoms with E-state index in [0.717, 1.165) is 18.7 Å². The highest BCUT2D eigenvalue weighted by Crippen LogP contribution is 2.35. The maximum Gasteiger partial charge on any atom is 0.251 e. The summed E-state index contributed by atoms with van der Waals surface area (Å²) in [6.07, 6.45) is 0. The van der Waals surface area contributed by atoms with Crippen molar-refractivity contribution in [2.24, 2.45) is 5.92 Å². The minimum atomic E-state index is -0.626. The van der Waals surface area contributed by atoms with Crippen molar-refractivity contribution in [1.29, 1.82) is 0 Å². The number of rotatable bonds is 1. The van der Waals surface area contributed by atoms with Gasteiger partial charge in [0.2, 0.25) is 0 Å². The molecule has 0 saturated carbocycles. The van der Waals surface area contributed by atoms with Gasteiger partial charge in [0.05, 0.1) is 5.56 Å². The van der Waals surface area contributed by atoms with Crippen molar-refractivity contribution < 1.29 is 13.6 Å². The van der Waals surface area contributed by atoms with E-state index in [9.17, 15) is 13.6 Å². The lowest BCUT2D eigenvalue weighted by molar-refractivity contribution is 0.0952. The molecule has 0 aromatic heterocycles. The number of nitrogens with one attached hydrogen (secondary N) is 2. The van der Waals surface area contributed by atoms with Crippen molar-refractivity contribution in [2.45, 2.75) is 5.92 Å². The third-order valence-corrected chi connectivity index (χ3v) is 4.81. The maximum atomic E-state index is 14.0. The minimum absolute atomic E-state index is 0.0894. The number of halogens is 2. The zero-order valence-corrected chi connectivity index (χ0v) is 12.4. The van der Waals surface area contributed by atoms with E-state index in [0.29, 0.717) is 23.6 Å². The Morgan fingerprint density at radius 1 is 1.00 bits per heavy atom. The third-order valence-electron chi connectivity index (χ3n) is 4.81. The van der Waals surface area contributed by atoms with Crippen molar-refractivity contribution in [2.75, 3.05) is 19.6 Å². The van der Waals surface area contributed by atoms with E-state index in [-0.39, 0.29) is 17.4 Å². The average molecular weight is 314 g/mol. The second-order valence-corrected chi connectivity index (χ2v) is 6.13. The van der Waals surface area contributed by atoms with Gasteiger partial charge in [-0.25, -0.2) is 8.78 Å². The molecule has 0 bridgehead atoms. The summed E-state index contributed by atoms with van der Waals surface area (Å²) in [4.78, 5) is 12.4. The van der Waals surface area contributed by atoms with E-state index in [2.05, 4.69) is 10.6 Å². The molecule has 5 heteroatoms. The number of hydrogen-bond donors (Lipinski definition) is 2. The molecule has 2 aliphatic heterocycles. The molecule has 2 aromatic carbocycles. The fourth-order valence-electron chi connectivity index (χ4n) is 3.64. The van der Waals surface area contributed by atoms with Gasteiger partial charge in [0.1, 0.15) is 11.6 Å². The van der Waals surface area contributed by atoms with E-state index in [1.165, 1.54) is 18.2 Å². The summed E-state index contributed by atoms with van der Waals surface area (Å²) >= 11 is 0. The first-order valence-electron chi connectivity index (χ1n) is 7.72. The van der Waals surface area contributed by atoms with Gasteiger partial charge in [-0.05, 0) is 35.2 Å². The minimum Gasteiger partial charge on any atom is -0.352 e. The standard InChI is InChI=1S/C18H16F2N2O/c19-15-2-1-3-16(20)17(15)10-4-5-12-13(6-10)18(23)22-8-11-7-21-9-14(11)12/h1-6,11,14,21H,7-9H2,(H,22,23)/t11-,14?/m0/s1. The van der Waals surface area contributed by atoms with Crippen LogP contribution in [0.5, 0.6) is 0 Å². The van der Waals surface area contributed by atoms with Gasteiger partial charge < -0.3 is 10.6 Å². The fraction of sp³-hybridized carbons (Fsp3) is 0.278. The third kappa shape index (κ3) is 2.32. The number of benzene rings is 2. The summed E-state index contributed by atoms with van der Waals surface area (Å²) in [5.41, 5.74) is 1.77. The molecule has 3 nitrogen and oxygen atoms in total. The molecular formula is C18H16F2N2O. The van der Waals surface area contributed by atoms with Gasteiger partial charge in [-0.2, -0.15) is 0 Å². The molecule has 0 spiro atoms. The molecule has 2 aromatic rings. The molecule has 1 saturated heterocycles. The van der Waals surface area contributed by atoms with Crippen molar-refractivity contribution in [3.63, 3.8) is 0 Å². The molecule has 2 N–H and O–H groups in total. The number of fused-ring (bicyclic) bond motifs is 3. The van der Waals surface area contributed by atoms with Gasteiger partial charge in [-0.3, -0.25) is 4.79 Å². The molecule has 1 unspecified atom stereocenters. The molecular weight excluding hydrogens is 298 g/mol. The van der Waals surface area contributed by atoms with Crippen molar-refractivity contribution in [3.8, 4) is 11.1 Å². The average Bonchev–Trinajstić information content (AvgIpc) is 2.96. The number of carbonyl (C=O) groups excluding carboxylic acids is 1. The first-order chi connectivity index (χ1) is 11.1. The monoisotopic (exact) mass is 314 g/mol. The SMILES string of the molecule is O=C1NC[C@@H]2CNCC2c2ccc(-c3c(F)cccc3F)cc21. The largest absolute Gasteiger partial charge is 0.352 e. The zero-order valence-electron chi connectivity index (χ0n) is 12.4. The number of carbonyl (C=O) groups is 1. The highest BCUT2D eigenvalue weighted by atomic mass is 19.1. The van der Waals surface area contributed by atoms with E-state index < -0.39 is 11.6 Å². The van der Waals surface area contributed by atoms with E-state index in [1.807, 2.05) is 6.07 Å². The van der Waals surface area contributed by atoms with E-state index in [1.54, 1.807) is 12.1 Å². The van der Waals surface area contributed by atoms with Crippen LogP contribution in [0.25, 0.3) is 11.1 Å². The van der Waals surface area contributed by atoms with Crippen LogP contribution in [0.15, 0.2) is 36.4 Å². The van der Waals surface area contributed by atoms with Gasteiger partial charge in [-0.15, -0.1) is 0 Å². The normalized spacial score (nSPS) is 23.0. The molecule has 23 heavy (non-hydrogen) atoms. The molecule has 0 aliphatic carbocycles. The summed E-state index contributed by atoms with van der Waals surface area (Å²) in [7, 11) is 0. The number of hydrogen-bond acceptors (Lipinski definition) is 2. The highest BCUT2D eigenvalue weighted by molar-refractivity contribution is 5.97. The lowest BCUT2D eigenvalue weighted by atomic mass is 9.86. The van der Waals surface area contributed by atoms with Gasteiger partial charge in [0, 0.05) is 31.1 Å². The van der Waals surface area contributed by atoms with Crippen LogP contribution in [0.4, 0.5) is 8.78 Å². The lowest BCUT2D eigenvalue weighted by Crippen LogP contribution is -2.28. The van der Waals surface area contributed by atoms with Gasteiger partial charge in [0.15, 0.2) is 0 Å². The topological polar surface area (TPSA) is 41.1 Å². The predicted octanol–water partition coefficient (Wildman–Crippen LogP) is 2.68. The Balaban J connectivity index is 1.86. The Morgan fingerprint density at radius 2 is 1.78 bits per heavy atom. The van der Waals surface area contributed by atoms with Crippen LogP contribution >= 0.6 is 0 Å². The molecule has 4 rings (SSSR count). The first-order valence-corrected chi connectivity index (χ1v) is 7.72. The Labute approximate surface area is 132 Å². The molecule has 2 aliphatic rings.